The Kier molecular flexibility index (Phi) is 5.69. The average molecular weight is 379 g/mol. The summed E-state index contributed by atoms with van der Waals surface area (Å²) >= 11 is 9.32. The summed E-state index contributed by atoms with van der Waals surface area (Å²) in [5.74, 6) is 0.216. The van der Waals surface area contributed by atoms with Crippen molar-refractivity contribution in [3.63, 3.8) is 0 Å². The van der Waals surface area contributed by atoms with Crippen LogP contribution in [-0.2, 0) is 4.74 Å². The number of benzene rings is 1. The summed E-state index contributed by atoms with van der Waals surface area (Å²) in [6.07, 6.45) is 0.265. The van der Waals surface area contributed by atoms with Crippen molar-refractivity contribution in [1.29, 1.82) is 0 Å². The minimum absolute atomic E-state index is 0.0841. The molecule has 1 aliphatic heterocycles. The van der Waals surface area contributed by atoms with Gasteiger partial charge < -0.3 is 10.1 Å². The molecule has 1 aromatic rings. The smallest absolute Gasteiger partial charge is 0.147 e. The zero-order valence-electron chi connectivity index (χ0n) is 12.8. The van der Waals surface area contributed by atoms with Crippen molar-refractivity contribution < 1.29 is 9.13 Å². The molecule has 21 heavy (non-hydrogen) atoms. The molecule has 1 N–H and O–H groups in total. The Morgan fingerprint density at radius 2 is 2.00 bits per heavy atom. The molecule has 2 nitrogen and oxygen atoms in total. The van der Waals surface area contributed by atoms with E-state index in [0.717, 1.165) is 6.54 Å². The van der Waals surface area contributed by atoms with Crippen molar-refractivity contribution >= 4 is 27.5 Å². The summed E-state index contributed by atoms with van der Waals surface area (Å²) in [5.41, 5.74) is 0.617. The fourth-order valence-electron chi connectivity index (χ4n) is 3.32. The zero-order chi connectivity index (χ0) is 15.7. The lowest BCUT2D eigenvalue weighted by molar-refractivity contribution is 0.0474. The molecule has 5 heteroatoms. The fourth-order valence-corrected chi connectivity index (χ4v) is 3.80. The second-order valence-corrected chi connectivity index (χ2v) is 7.02. The van der Waals surface area contributed by atoms with Gasteiger partial charge in [0.25, 0.3) is 0 Å². The molecule has 2 rings (SSSR count). The molecule has 1 heterocycles. The second kappa shape index (κ2) is 6.95. The molecule has 0 aromatic heterocycles. The molecule has 0 aliphatic carbocycles. The van der Waals surface area contributed by atoms with Crippen molar-refractivity contribution in [2.45, 2.75) is 45.9 Å². The third kappa shape index (κ3) is 3.29. The number of halogens is 3. The summed E-state index contributed by atoms with van der Waals surface area (Å²) in [7, 11) is 0. The standard InChI is InChI=1S/C16H22BrClFNO/c1-5-20-16(13-8(2)9(3)21-10(13)4)11-6-7-12(17)14(18)15(11)19/h6-10,13,16,20H,5H2,1-4H3. The largest absolute Gasteiger partial charge is 0.375 e. The molecule has 0 radical (unpaired) electrons. The maximum atomic E-state index is 14.6. The Morgan fingerprint density at radius 1 is 1.33 bits per heavy atom. The monoisotopic (exact) mass is 377 g/mol. The predicted molar refractivity (Wildman–Crippen MR) is 88.2 cm³/mol. The summed E-state index contributed by atoms with van der Waals surface area (Å²) in [6, 6.07) is 3.51. The molecule has 1 saturated heterocycles. The molecule has 0 saturated carbocycles. The van der Waals surface area contributed by atoms with Gasteiger partial charge in [-0.2, -0.15) is 0 Å². The first-order valence-electron chi connectivity index (χ1n) is 7.40. The molecule has 118 valence electrons. The van der Waals surface area contributed by atoms with Crippen LogP contribution in [0.5, 0.6) is 0 Å². The van der Waals surface area contributed by atoms with Crippen LogP contribution in [0.2, 0.25) is 5.02 Å². The van der Waals surface area contributed by atoms with E-state index in [4.69, 9.17) is 16.3 Å². The van der Waals surface area contributed by atoms with Gasteiger partial charge in [-0.05, 0) is 48.3 Å². The van der Waals surface area contributed by atoms with E-state index in [9.17, 15) is 4.39 Å². The summed E-state index contributed by atoms with van der Waals surface area (Å²) < 4.78 is 21.1. The lowest BCUT2D eigenvalue weighted by atomic mass is 9.80. The second-order valence-electron chi connectivity index (χ2n) is 5.78. The van der Waals surface area contributed by atoms with Gasteiger partial charge in [0.15, 0.2) is 0 Å². The molecular weight excluding hydrogens is 357 g/mol. The van der Waals surface area contributed by atoms with Crippen LogP contribution < -0.4 is 5.32 Å². The highest BCUT2D eigenvalue weighted by molar-refractivity contribution is 9.10. The Bertz CT molecular complexity index is 513. The van der Waals surface area contributed by atoms with Gasteiger partial charge in [-0.15, -0.1) is 0 Å². The van der Waals surface area contributed by atoms with E-state index in [1.807, 2.05) is 6.92 Å². The third-order valence-electron chi connectivity index (χ3n) is 4.53. The first-order valence-corrected chi connectivity index (χ1v) is 8.57. The van der Waals surface area contributed by atoms with Crippen LogP contribution in [0.15, 0.2) is 16.6 Å². The van der Waals surface area contributed by atoms with E-state index in [0.29, 0.717) is 16.0 Å². The minimum atomic E-state index is -0.351. The van der Waals surface area contributed by atoms with E-state index in [1.54, 1.807) is 12.1 Å². The Hall–Kier alpha value is -0.160. The predicted octanol–water partition coefficient (Wildman–Crippen LogP) is 4.95. The van der Waals surface area contributed by atoms with Gasteiger partial charge in [-0.3, -0.25) is 0 Å². The van der Waals surface area contributed by atoms with Gasteiger partial charge >= 0.3 is 0 Å². The van der Waals surface area contributed by atoms with Gasteiger partial charge in [0.1, 0.15) is 5.82 Å². The van der Waals surface area contributed by atoms with Gasteiger partial charge in [0.05, 0.1) is 17.2 Å². The first-order chi connectivity index (χ1) is 9.88. The van der Waals surface area contributed by atoms with E-state index in [2.05, 4.69) is 42.0 Å². The fraction of sp³-hybridized carbons (Fsp3) is 0.625. The van der Waals surface area contributed by atoms with Gasteiger partial charge in [0, 0.05) is 22.0 Å². The highest BCUT2D eigenvalue weighted by Crippen LogP contribution is 2.42. The Labute approximate surface area is 139 Å². The van der Waals surface area contributed by atoms with Crippen LogP contribution in [0.1, 0.15) is 39.3 Å². The lowest BCUT2D eigenvalue weighted by Crippen LogP contribution is -2.35. The Balaban J connectivity index is 2.42. The van der Waals surface area contributed by atoms with Gasteiger partial charge in [0.2, 0.25) is 0 Å². The summed E-state index contributed by atoms with van der Waals surface area (Å²) in [6.45, 7) is 9.10. The molecule has 0 spiro atoms. The quantitative estimate of drug-likeness (QED) is 0.748. The lowest BCUT2D eigenvalue weighted by Gasteiger charge is -2.30. The van der Waals surface area contributed by atoms with Crippen molar-refractivity contribution in [3.05, 3.63) is 33.0 Å². The Morgan fingerprint density at radius 3 is 2.52 bits per heavy atom. The maximum Gasteiger partial charge on any atom is 0.147 e. The molecule has 1 fully saturated rings. The highest BCUT2D eigenvalue weighted by Gasteiger charge is 2.42. The number of rotatable bonds is 4. The molecule has 5 unspecified atom stereocenters. The van der Waals surface area contributed by atoms with Gasteiger partial charge in [-0.1, -0.05) is 31.5 Å². The number of hydrogen-bond donors (Lipinski definition) is 1. The summed E-state index contributed by atoms with van der Waals surface area (Å²) in [4.78, 5) is 0. The van der Waals surface area contributed by atoms with Crippen LogP contribution >= 0.6 is 27.5 Å². The van der Waals surface area contributed by atoms with Crippen LogP contribution in [0.4, 0.5) is 4.39 Å². The number of ether oxygens (including phenoxy) is 1. The topological polar surface area (TPSA) is 21.3 Å². The highest BCUT2D eigenvalue weighted by atomic mass is 79.9. The molecule has 1 aromatic carbocycles. The SMILES string of the molecule is CCNC(c1ccc(Br)c(Cl)c1F)C1C(C)OC(C)C1C. The van der Waals surface area contributed by atoms with E-state index >= 15 is 0 Å². The van der Waals surface area contributed by atoms with Crippen LogP contribution in [-0.4, -0.2) is 18.8 Å². The maximum absolute atomic E-state index is 14.6. The van der Waals surface area contributed by atoms with E-state index < -0.39 is 0 Å². The molecule has 1 aliphatic rings. The van der Waals surface area contributed by atoms with Crippen LogP contribution in [0.3, 0.4) is 0 Å². The molecule has 0 amide bonds. The van der Waals surface area contributed by atoms with Crippen LogP contribution in [0, 0.1) is 17.7 Å². The van der Waals surface area contributed by atoms with Crippen molar-refractivity contribution in [3.8, 4) is 0 Å². The molecular formula is C16H22BrClFNO. The zero-order valence-corrected chi connectivity index (χ0v) is 15.1. The normalized spacial score (nSPS) is 30.6. The molecule has 5 atom stereocenters. The van der Waals surface area contributed by atoms with Crippen molar-refractivity contribution in [1.82, 2.24) is 5.32 Å². The van der Waals surface area contributed by atoms with Gasteiger partial charge in [-0.25, -0.2) is 4.39 Å². The molecule has 0 bridgehead atoms. The number of nitrogens with one attached hydrogen (secondary N) is 1. The number of hydrogen-bond acceptors (Lipinski definition) is 2. The average Bonchev–Trinajstić information content (AvgIpc) is 2.68. The van der Waals surface area contributed by atoms with E-state index in [-0.39, 0.29) is 35.0 Å². The first kappa shape index (κ1) is 17.2. The minimum Gasteiger partial charge on any atom is -0.375 e. The third-order valence-corrected chi connectivity index (χ3v) is 5.79. The van der Waals surface area contributed by atoms with Crippen LogP contribution in [0.25, 0.3) is 0 Å². The van der Waals surface area contributed by atoms with Crippen molar-refractivity contribution in [2.24, 2.45) is 11.8 Å². The van der Waals surface area contributed by atoms with Crippen molar-refractivity contribution in [2.75, 3.05) is 6.54 Å². The van der Waals surface area contributed by atoms with E-state index in [1.165, 1.54) is 0 Å². The summed E-state index contributed by atoms with van der Waals surface area (Å²) in [5, 5.41) is 3.56.